The average Bonchev–Trinajstić information content (AvgIpc) is 2.59. The van der Waals surface area contributed by atoms with Crippen LogP contribution < -0.4 is 10.1 Å². The Hall–Kier alpha value is -3.08. The zero-order chi connectivity index (χ0) is 17.2. The van der Waals surface area contributed by atoms with Crippen molar-refractivity contribution < 1.29 is 19.4 Å². The van der Waals surface area contributed by atoms with E-state index in [1.165, 1.54) is 6.08 Å². The molecule has 0 spiro atoms. The van der Waals surface area contributed by atoms with E-state index in [1.807, 2.05) is 54.6 Å². The van der Waals surface area contributed by atoms with E-state index < -0.39 is 5.97 Å². The van der Waals surface area contributed by atoms with Gasteiger partial charge in [-0.3, -0.25) is 9.59 Å². The third kappa shape index (κ3) is 6.36. The summed E-state index contributed by atoms with van der Waals surface area (Å²) in [5.41, 5.74) is 1.91. The number of carboxylic acid groups (broad SMARTS) is 1. The number of aliphatic carboxylic acids is 1. The molecule has 0 radical (unpaired) electrons. The van der Waals surface area contributed by atoms with Gasteiger partial charge in [-0.1, -0.05) is 42.5 Å². The van der Waals surface area contributed by atoms with Crippen LogP contribution >= 0.6 is 0 Å². The molecule has 2 rings (SSSR count). The summed E-state index contributed by atoms with van der Waals surface area (Å²) in [7, 11) is 0. The minimum absolute atomic E-state index is 0.0949. The van der Waals surface area contributed by atoms with Crippen LogP contribution in [0.4, 0.5) is 0 Å². The van der Waals surface area contributed by atoms with Gasteiger partial charge in [-0.2, -0.15) is 0 Å². The maximum Gasteiger partial charge on any atom is 0.305 e. The highest BCUT2D eigenvalue weighted by Gasteiger charge is 2.00. The van der Waals surface area contributed by atoms with Gasteiger partial charge in [0.2, 0.25) is 5.91 Å². The van der Waals surface area contributed by atoms with Crippen LogP contribution in [0.1, 0.15) is 17.5 Å². The van der Waals surface area contributed by atoms with Gasteiger partial charge >= 0.3 is 5.97 Å². The summed E-state index contributed by atoms with van der Waals surface area (Å²) in [6.45, 7) is 0.586. The van der Waals surface area contributed by atoms with Gasteiger partial charge < -0.3 is 15.2 Å². The molecule has 5 heteroatoms. The summed E-state index contributed by atoms with van der Waals surface area (Å²) < 4.78 is 5.73. The van der Waals surface area contributed by atoms with Crippen LogP contribution in [0.2, 0.25) is 0 Å². The Morgan fingerprint density at radius 3 is 2.62 bits per heavy atom. The maximum absolute atomic E-state index is 11.6. The largest absolute Gasteiger partial charge is 0.489 e. The zero-order valence-corrected chi connectivity index (χ0v) is 13.1. The van der Waals surface area contributed by atoms with Gasteiger partial charge in [-0.05, 0) is 29.3 Å². The molecule has 0 unspecified atom stereocenters. The summed E-state index contributed by atoms with van der Waals surface area (Å²) >= 11 is 0. The van der Waals surface area contributed by atoms with E-state index in [1.54, 1.807) is 6.08 Å². The Morgan fingerprint density at radius 2 is 1.88 bits per heavy atom. The fourth-order valence-electron chi connectivity index (χ4n) is 1.97. The number of hydrogen-bond acceptors (Lipinski definition) is 3. The molecule has 0 aliphatic rings. The van der Waals surface area contributed by atoms with Crippen molar-refractivity contribution in [2.24, 2.45) is 0 Å². The molecule has 0 saturated carbocycles. The lowest BCUT2D eigenvalue weighted by Gasteiger charge is -2.07. The van der Waals surface area contributed by atoms with Crippen LogP contribution in [-0.2, 0) is 16.2 Å². The summed E-state index contributed by atoms with van der Waals surface area (Å²) in [5.74, 6) is -0.554. The second-order valence-electron chi connectivity index (χ2n) is 5.11. The SMILES string of the molecule is O=C(O)CCNC(=O)/C=C/c1cccc(OCc2ccccc2)c1. The van der Waals surface area contributed by atoms with E-state index in [0.29, 0.717) is 12.4 Å². The average molecular weight is 325 g/mol. The molecule has 0 heterocycles. The van der Waals surface area contributed by atoms with Crippen molar-refractivity contribution in [1.82, 2.24) is 5.32 Å². The van der Waals surface area contributed by atoms with Crippen molar-refractivity contribution in [2.75, 3.05) is 6.54 Å². The van der Waals surface area contributed by atoms with Crippen molar-refractivity contribution >= 4 is 18.0 Å². The Labute approximate surface area is 140 Å². The van der Waals surface area contributed by atoms with E-state index in [0.717, 1.165) is 11.1 Å². The van der Waals surface area contributed by atoms with Crippen LogP contribution in [0.5, 0.6) is 5.75 Å². The summed E-state index contributed by atoms with van der Waals surface area (Å²) in [6.07, 6.45) is 2.94. The van der Waals surface area contributed by atoms with Gasteiger partial charge in [0.15, 0.2) is 0 Å². The van der Waals surface area contributed by atoms with E-state index in [4.69, 9.17) is 9.84 Å². The van der Waals surface area contributed by atoms with Gasteiger partial charge in [-0.15, -0.1) is 0 Å². The van der Waals surface area contributed by atoms with Crippen LogP contribution in [0.15, 0.2) is 60.7 Å². The molecule has 24 heavy (non-hydrogen) atoms. The summed E-state index contributed by atoms with van der Waals surface area (Å²) in [5, 5.41) is 11.0. The van der Waals surface area contributed by atoms with Gasteiger partial charge in [-0.25, -0.2) is 0 Å². The number of amides is 1. The number of hydrogen-bond donors (Lipinski definition) is 2. The highest BCUT2D eigenvalue weighted by atomic mass is 16.5. The molecule has 2 aromatic carbocycles. The zero-order valence-electron chi connectivity index (χ0n) is 13.1. The topological polar surface area (TPSA) is 75.6 Å². The van der Waals surface area contributed by atoms with Crippen molar-refractivity contribution in [3.63, 3.8) is 0 Å². The third-order valence-corrected chi connectivity index (χ3v) is 3.17. The number of benzene rings is 2. The summed E-state index contributed by atoms with van der Waals surface area (Å²) in [4.78, 5) is 21.9. The molecule has 0 aliphatic carbocycles. The molecule has 5 nitrogen and oxygen atoms in total. The quantitative estimate of drug-likeness (QED) is 0.732. The molecule has 124 valence electrons. The Kier molecular flexibility index (Phi) is 6.58. The highest BCUT2D eigenvalue weighted by molar-refractivity contribution is 5.91. The lowest BCUT2D eigenvalue weighted by atomic mass is 10.2. The second kappa shape index (κ2) is 9.15. The first-order valence-electron chi connectivity index (χ1n) is 7.58. The normalized spacial score (nSPS) is 10.5. The van der Waals surface area contributed by atoms with Gasteiger partial charge in [0, 0.05) is 12.6 Å². The molecule has 0 fully saturated rings. The third-order valence-electron chi connectivity index (χ3n) is 3.17. The molecular formula is C19H19NO4. The molecule has 2 N–H and O–H groups in total. The molecule has 1 amide bonds. The van der Waals surface area contributed by atoms with Gasteiger partial charge in [0.25, 0.3) is 0 Å². The van der Waals surface area contributed by atoms with Crippen molar-refractivity contribution in [3.05, 3.63) is 71.8 Å². The van der Waals surface area contributed by atoms with Crippen LogP contribution in [0.25, 0.3) is 6.08 Å². The fourth-order valence-corrected chi connectivity index (χ4v) is 1.97. The van der Waals surface area contributed by atoms with Crippen LogP contribution in [-0.4, -0.2) is 23.5 Å². The number of ether oxygens (including phenoxy) is 1. The lowest BCUT2D eigenvalue weighted by Crippen LogP contribution is -2.23. The first-order valence-corrected chi connectivity index (χ1v) is 7.58. The van der Waals surface area contributed by atoms with Crippen molar-refractivity contribution in [1.29, 1.82) is 0 Å². The number of carbonyl (C=O) groups excluding carboxylic acids is 1. The molecule has 0 bridgehead atoms. The van der Waals surface area contributed by atoms with Crippen LogP contribution in [0, 0.1) is 0 Å². The van der Waals surface area contributed by atoms with E-state index in [2.05, 4.69) is 5.32 Å². The van der Waals surface area contributed by atoms with E-state index in [9.17, 15) is 9.59 Å². The minimum Gasteiger partial charge on any atom is -0.489 e. The monoisotopic (exact) mass is 325 g/mol. The molecule has 0 aliphatic heterocycles. The van der Waals surface area contributed by atoms with Gasteiger partial charge in [0.1, 0.15) is 12.4 Å². The minimum atomic E-state index is -0.942. The molecule has 0 saturated heterocycles. The van der Waals surface area contributed by atoms with Crippen molar-refractivity contribution in [2.45, 2.75) is 13.0 Å². The van der Waals surface area contributed by atoms with E-state index >= 15 is 0 Å². The smallest absolute Gasteiger partial charge is 0.305 e. The predicted octanol–water partition coefficient (Wildman–Crippen LogP) is 2.87. The van der Waals surface area contributed by atoms with Gasteiger partial charge in [0.05, 0.1) is 6.42 Å². The predicted molar refractivity (Wildman–Crippen MR) is 91.5 cm³/mol. The fraction of sp³-hybridized carbons (Fsp3) is 0.158. The number of nitrogens with one attached hydrogen (secondary N) is 1. The first-order chi connectivity index (χ1) is 11.6. The van der Waals surface area contributed by atoms with Crippen molar-refractivity contribution in [3.8, 4) is 5.75 Å². The molecule has 0 atom stereocenters. The number of carboxylic acids is 1. The second-order valence-corrected chi connectivity index (χ2v) is 5.11. The van der Waals surface area contributed by atoms with E-state index in [-0.39, 0.29) is 18.9 Å². The molecular weight excluding hydrogens is 306 g/mol. The Morgan fingerprint density at radius 1 is 1.08 bits per heavy atom. The number of rotatable bonds is 8. The first kappa shape index (κ1) is 17.3. The lowest BCUT2D eigenvalue weighted by molar-refractivity contribution is -0.136. The van der Waals surface area contributed by atoms with Crippen LogP contribution in [0.3, 0.4) is 0 Å². The molecule has 0 aromatic heterocycles. The summed E-state index contributed by atoms with van der Waals surface area (Å²) in [6, 6.07) is 17.3. The standard InChI is InChI=1S/C19H19NO4/c21-18(20-12-11-19(22)23)10-9-15-7-4-8-17(13-15)24-14-16-5-2-1-3-6-16/h1-10,13H,11-12,14H2,(H,20,21)(H,22,23)/b10-9+. The molecule has 2 aromatic rings. The number of carbonyl (C=O) groups is 2. The Balaban J connectivity index is 1.86. The maximum atomic E-state index is 11.6. The highest BCUT2D eigenvalue weighted by Crippen LogP contribution is 2.16. The Bertz CT molecular complexity index is 710.